The fraction of sp³-hybridized carbons (Fsp3) is 0.368. The van der Waals surface area contributed by atoms with Gasteiger partial charge < -0.3 is 4.74 Å². The van der Waals surface area contributed by atoms with Gasteiger partial charge in [-0.25, -0.2) is 8.78 Å². The first-order valence-corrected chi connectivity index (χ1v) is 8.80. The normalized spacial score (nSPS) is 15.8. The molecule has 4 rings (SSSR count). The highest BCUT2D eigenvalue weighted by Gasteiger charge is 2.39. The molecule has 28 heavy (non-hydrogen) atoms. The number of rotatable bonds is 5. The quantitative estimate of drug-likeness (QED) is 0.561. The first kappa shape index (κ1) is 18.6. The number of benzene rings is 1. The van der Waals surface area contributed by atoms with Gasteiger partial charge in [0.05, 0.1) is 0 Å². The number of halogens is 5. The molecule has 0 saturated heterocycles. The molecule has 3 aromatic rings. The maximum atomic E-state index is 13.8. The molecule has 1 fully saturated rings. The molecule has 0 aliphatic heterocycles. The molecule has 1 aliphatic rings. The average molecular weight is 397 g/mol. The zero-order valence-corrected chi connectivity index (χ0v) is 14.8. The number of hydrogen-bond donors (Lipinski definition) is 0. The number of alkyl halides is 3. The van der Waals surface area contributed by atoms with Crippen LogP contribution in [0.25, 0.3) is 5.65 Å². The number of aromatic nitrogens is 3. The molecule has 9 heteroatoms. The summed E-state index contributed by atoms with van der Waals surface area (Å²) >= 11 is 0. The first-order chi connectivity index (χ1) is 13.3. The van der Waals surface area contributed by atoms with Crippen LogP contribution in [-0.4, -0.2) is 14.6 Å². The Morgan fingerprint density at radius 1 is 1.14 bits per heavy atom. The van der Waals surface area contributed by atoms with Crippen LogP contribution in [-0.2, 0) is 12.6 Å². The van der Waals surface area contributed by atoms with E-state index in [1.165, 1.54) is 23.6 Å². The Balaban J connectivity index is 1.77. The predicted octanol–water partition coefficient (Wildman–Crippen LogP) is 5.12. The molecule has 0 bridgehead atoms. The topological polar surface area (TPSA) is 39.4 Å². The number of pyridine rings is 1. The molecule has 1 aromatic carbocycles. The van der Waals surface area contributed by atoms with Crippen LogP contribution in [0.2, 0.25) is 0 Å². The van der Waals surface area contributed by atoms with Gasteiger partial charge in [-0.1, -0.05) is 6.07 Å². The third-order valence-electron chi connectivity index (χ3n) is 4.79. The summed E-state index contributed by atoms with van der Waals surface area (Å²) in [5.41, 5.74) is -1.63. The summed E-state index contributed by atoms with van der Waals surface area (Å²) in [5.74, 6) is -1.82. The zero-order valence-electron chi connectivity index (χ0n) is 14.8. The van der Waals surface area contributed by atoms with E-state index in [9.17, 15) is 22.0 Å². The van der Waals surface area contributed by atoms with Crippen molar-refractivity contribution >= 4 is 5.65 Å². The van der Waals surface area contributed by atoms with Crippen molar-refractivity contribution in [2.24, 2.45) is 5.92 Å². The molecule has 4 nitrogen and oxygen atoms in total. The van der Waals surface area contributed by atoms with Crippen molar-refractivity contribution < 1.29 is 26.7 Å². The summed E-state index contributed by atoms with van der Waals surface area (Å²) in [6.07, 6.45) is -1.96. The van der Waals surface area contributed by atoms with Crippen LogP contribution >= 0.6 is 0 Å². The van der Waals surface area contributed by atoms with Crippen molar-refractivity contribution in [2.45, 2.75) is 38.5 Å². The molecule has 1 aliphatic carbocycles. The molecule has 0 spiro atoms. The Hall–Kier alpha value is -2.71. The van der Waals surface area contributed by atoms with Gasteiger partial charge in [0.1, 0.15) is 17.5 Å². The second-order valence-corrected chi connectivity index (χ2v) is 6.91. The van der Waals surface area contributed by atoms with E-state index in [2.05, 4.69) is 10.2 Å². The smallest absolute Gasteiger partial charge is 0.420 e. The molecule has 2 heterocycles. The van der Waals surface area contributed by atoms with Gasteiger partial charge in [-0.2, -0.15) is 13.2 Å². The highest BCUT2D eigenvalue weighted by molar-refractivity contribution is 5.54. The molecular formula is C19H16F5N3O. The van der Waals surface area contributed by atoms with Gasteiger partial charge >= 0.3 is 6.18 Å². The minimum Gasteiger partial charge on any atom is -0.480 e. The second kappa shape index (κ2) is 6.72. The van der Waals surface area contributed by atoms with Gasteiger partial charge in [-0.15, -0.1) is 10.2 Å². The van der Waals surface area contributed by atoms with Crippen molar-refractivity contribution in [3.05, 3.63) is 59.0 Å². The van der Waals surface area contributed by atoms with E-state index >= 15 is 0 Å². The van der Waals surface area contributed by atoms with Crippen LogP contribution in [0, 0.1) is 17.6 Å². The number of fused-ring (bicyclic) bond motifs is 1. The maximum Gasteiger partial charge on any atom is 0.420 e. The van der Waals surface area contributed by atoms with E-state index < -0.39 is 35.2 Å². The lowest BCUT2D eigenvalue weighted by Crippen LogP contribution is -2.17. The van der Waals surface area contributed by atoms with Crippen LogP contribution in [0.1, 0.15) is 42.8 Å². The highest BCUT2D eigenvalue weighted by Crippen LogP contribution is 2.39. The minimum atomic E-state index is -4.74. The van der Waals surface area contributed by atoms with Crippen LogP contribution in [0.3, 0.4) is 0 Å². The average Bonchev–Trinajstić information content (AvgIpc) is 3.35. The lowest BCUT2D eigenvalue weighted by Gasteiger charge is -2.20. The third kappa shape index (κ3) is 3.41. The molecule has 2 aromatic heterocycles. The summed E-state index contributed by atoms with van der Waals surface area (Å²) in [5, 5.41) is 7.65. The molecule has 1 atom stereocenters. The van der Waals surface area contributed by atoms with Gasteiger partial charge in [-0.05, 0) is 43.9 Å². The Labute approximate surface area is 157 Å². The van der Waals surface area contributed by atoms with Crippen molar-refractivity contribution in [3.8, 4) is 5.75 Å². The maximum absolute atomic E-state index is 13.8. The van der Waals surface area contributed by atoms with E-state index in [1.54, 1.807) is 0 Å². The summed E-state index contributed by atoms with van der Waals surface area (Å²) in [6.45, 7) is 1.30. The van der Waals surface area contributed by atoms with Crippen LogP contribution in [0.5, 0.6) is 5.75 Å². The SMILES string of the molecule is C[C@H](Oc1c(F)cccc1F)c1ccn2c(CC3CC3)nnc2c1C(F)(F)F. The van der Waals surface area contributed by atoms with Crippen molar-refractivity contribution in [3.63, 3.8) is 0 Å². The Morgan fingerprint density at radius 3 is 2.43 bits per heavy atom. The third-order valence-corrected chi connectivity index (χ3v) is 4.79. The summed E-state index contributed by atoms with van der Waals surface area (Å²) < 4.78 is 75.7. The van der Waals surface area contributed by atoms with E-state index in [4.69, 9.17) is 4.74 Å². The van der Waals surface area contributed by atoms with E-state index in [0.29, 0.717) is 18.2 Å². The lowest BCUT2D eigenvalue weighted by molar-refractivity contribution is -0.138. The molecular weight excluding hydrogens is 381 g/mol. The minimum absolute atomic E-state index is 0.270. The first-order valence-electron chi connectivity index (χ1n) is 8.80. The van der Waals surface area contributed by atoms with Gasteiger partial charge in [0.25, 0.3) is 0 Å². The summed E-state index contributed by atoms with van der Waals surface area (Å²) in [4.78, 5) is 0. The lowest BCUT2D eigenvalue weighted by atomic mass is 10.0. The number of para-hydroxylation sites is 1. The predicted molar refractivity (Wildman–Crippen MR) is 89.8 cm³/mol. The highest BCUT2D eigenvalue weighted by atomic mass is 19.4. The van der Waals surface area contributed by atoms with Crippen molar-refractivity contribution in [1.82, 2.24) is 14.6 Å². The van der Waals surface area contributed by atoms with Crippen LogP contribution < -0.4 is 4.74 Å². The fourth-order valence-electron chi connectivity index (χ4n) is 3.20. The summed E-state index contributed by atoms with van der Waals surface area (Å²) in [6, 6.07) is 4.33. The standard InChI is InChI=1S/C19H16F5N3O/c1-10(28-17-13(20)3-2-4-14(17)21)12-7-8-27-15(9-11-5-6-11)25-26-18(27)16(12)19(22,23)24/h2-4,7-8,10-11H,5-6,9H2,1H3/t10-/m0/s1. The molecule has 148 valence electrons. The largest absolute Gasteiger partial charge is 0.480 e. The number of ether oxygens (including phenoxy) is 1. The van der Waals surface area contributed by atoms with Crippen LogP contribution in [0.4, 0.5) is 22.0 Å². The number of hydrogen-bond acceptors (Lipinski definition) is 3. The molecule has 0 amide bonds. The second-order valence-electron chi connectivity index (χ2n) is 6.91. The zero-order chi connectivity index (χ0) is 20.1. The van der Waals surface area contributed by atoms with E-state index in [-0.39, 0.29) is 11.2 Å². The molecule has 0 N–H and O–H groups in total. The van der Waals surface area contributed by atoms with Crippen LogP contribution in [0.15, 0.2) is 30.5 Å². The van der Waals surface area contributed by atoms with E-state index in [1.807, 2.05) is 0 Å². The van der Waals surface area contributed by atoms with Gasteiger partial charge in [0.15, 0.2) is 23.0 Å². The Morgan fingerprint density at radius 2 is 1.82 bits per heavy atom. The molecule has 0 unspecified atom stereocenters. The van der Waals surface area contributed by atoms with Crippen molar-refractivity contribution in [1.29, 1.82) is 0 Å². The number of nitrogens with zero attached hydrogens (tertiary/aromatic N) is 3. The Kier molecular flexibility index (Phi) is 4.47. The molecule has 0 radical (unpaired) electrons. The monoisotopic (exact) mass is 397 g/mol. The van der Waals surface area contributed by atoms with E-state index in [0.717, 1.165) is 31.0 Å². The molecule has 1 saturated carbocycles. The Bertz CT molecular complexity index is 1010. The fourth-order valence-corrected chi connectivity index (χ4v) is 3.20. The van der Waals surface area contributed by atoms with Gasteiger partial charge in [0, 0.05) is 18.2 Å². The van der Waals surface area contributed by atoms with Crippen molar-refractivity contribution in [2.75, 3.05) is 0 Å². The van der Waals surface area contributed by atoms with Gasteiger partial charge in [-0.3, -0.25) is 4.40 Å². The van der Waals surface area contributed by atoms with Gasteiger partial charge in [0.2, 0.25) is 0 Å². The summed E-state index contributed by atoms with van der Waals surface area (Å²) in [7, 11) is 0.